The van der Waals surface area contributed by atoms with Crippen LogP contribution in [0.15, 0.2) is 38.7 Å². The Labute approximate surface area is 135 Å². The van der Waals surface area contributed by atoms with Gasteiger partial charge in [0.2, 0.25) is 5.91 Å². The molecule has 0 aromatic heterocycles. The third-order valence-corrected chi connectivity index (χ3v) is 6.59. The lowest BCUT2D eigenvalue weighted by molar-refractivity contribution is -0.131. The van der Waals surface area contributed by atoms with Crippen LogP contribution in [0.25, 0.3) is 0 Å². The van der Waals surface area contributed by atoms with E-state index in [4.69, 9.17) is 5.73 Å². The van der Waals surface area contributed by atoms with Crippen LogP contribution in [0.4, 0.5) is 0 Å². The molecule has 1 aromatic rings. The van der Waals surface area contributed by atoms with Crippen molar-refractivity contribution in [2.24, 2.45) is 10.8 Å². The number of nitrogens with two attached hydrogens (primary N) is 1. The monoisotopic (exact) mass is 391 g/mol. The smallest absolute Gasteiger partial charge is 0.240 e. The van der Waals surface area contributed by atoms with Gasteiger partial charge in [-0.3, -0.25) is 4.79 Å². The maximum atomic E-state index is 12.5. The molecule has 6 nitrogen and oxygen atoms in total. The van der Waals surface area contributed by atoms with Crippen molar-refractivity contribution in [3.63, 3.8) is 0 Å². The second kappa shape index (κ2) is 5.62. The minimum atomic E-state index is -3.57. The zero-order valence-electron chi connectivity index (χ0n) is 11.4. The highest BCUT2D eigenvalue weighted by Crippen LogP contribution is 2.38. The van der Waals surface area contributed by atoms with Crippen LogP contribution in [0.5, 0.6) is 0 Å². The Morgan fingerprint density at radius 1 is 1.43 bits per heavy atom. The second-order valence-corrected chi connectivity index (χ2v) is 9.17. The Morgan fingerprint density at radius 2 is 2.00 bits per heavy atom. The first-order chi connectivity index (χ1) is 9.64. The van der Waals surface area contributed by atoms with Crippen LogP contribution in [0.3, 0.4) is 0 Å². The fourth-order valence-corrected chi connectivity index (χ4v) is 5.40. The normalized spacial score (nSPS) is 22.2. The number of hydrogen-bond donors (Lipinski definition) is 1. The lowest BCUT2D eigenvalue weighted by Gasteiger charge is -2.30. The van der Waals surface area contributed by atoms with Gasteiger partial charge < -0.3 is 5.73 Å². The molecule has 1 aromatic carbocycles. The standard InChI is InChI=1S/C12H14BrN3O3S2/c1-8(17)16-12(2,20-11(14)15-16)7-21(18,19)10-5-3-9(13)4-6-10/h3-6H,7H2,1-2H3,(H2,14,15). The average molecular weight is 392 g/mol. The van der Waals surface area contributed by atoms with Crippen molar-refractivity contribution in [1.82, 2.24) is 5.01 Å². The van der Waals surface area contributed by atoms with Crippen LogP contribution in [0.2, 0.25) is 0 Å². The summed E-state index contributed by atoms with van der Waals surface area (Å²) in [6.45, 7) is 2.96. The number of nitrogens with zero attached hydrogens (tertiary/aromatic N) is 2. The van der Waals surface area contributed by atoms with Crippen molar-refractivity contribution >= 4 is 48.6 Å². The lowest BCUT2D eigenvalue weighted by Crippen LogP contribution is -2.45. The molecule has 1 aliphatic heterocycles. The number of carbonyl (C=O) groups is 1. The van der Waals surface area contributed by atoms with E-state index >= 15 is 0 Å². The van der Waals surface area contributed by atoms with E-state index < -0.39 is 14.7 Å². The summed E-state index contributed by atoms with van der Waals surface area (Å²) in [5.74, 6) is -0.618. The third-order valence-electron chi connectivity index (χ3n) is 2.90. The minimum Gasteiger partial charge on any atom is -0.377 e. The molecule has 0 saturated heterocycles. The Morgan fingerprint density at radius 3 is 2.52 bits per heavy atom. The van der Waals surface area contributed by atoms with Crippen molar-refractivity contribution in [2.75, 3.05) is 5.75 Å². The zero-order valence-corrected chi connectivity index (χ0v) is 14.6. The number of benzene rings is 1. The van der Waals surface area contributed by atoms with E-state index in [1.807, 2.05) is 0 Å². The molecular formula is C12H14BrN3O3S2. The van der Waals surface area contributed by atoms with E-state index in [-0.39, 0.29) is 21.7 Å². The Hall–Kier alpha value is -1.06. The van der Waals surface area contributed by atoms with Crippen LogP contribution < -0.4 is 5.73 Å². The highest BCUT2D eigenvalue weighted by molar-refractivity contribution is 9.10. The van der Waals surface area contributed by atoms with E-state index in [0.29, 0.717) is 0 Å². The summed E-state index contributed by atoms with van der Waals surface area (Å²) < 4.78 is 25.8. The average Bonchev–Trinajstić information content (AvgIpc) is 2.64. The molecule has 21 heavy (non-hydrogen) atoms. The molecule has 1 atom stereocenters. The molecular weight excluding hydrogens is 378 g/mol. The van der Waals surface area contributed by atoms with Crippen molar-refractivity contribution in [1.29, 1.82) is 0 Å². The number of hydrogen-bond acceptors (Lipinski definition) is 6. The van der Waals surface area contributed by atoms with Gasteiger partial charge in [-0.05, 0) is 31.2 Å². The van der Waals surface area contributed by atoms with Gasteiger partial charge in [-0.15, -0.1) is 5.10 Å². The molecule has 1 unspecified atom stereocenters. The quantitative estimate of drug-likeness (QED) is 0.846. The summed E-state index contributed by atoms with van der Waals surface area (Å²) in [6, 6.07) is 6.35. The summed E-state index contributed by atoms with van der Waals surface area (Å²) in [7, 11) is -3.57. The maximum absolute atomic E-state index is 12.5. The molecule has 1 amide bonds. The highest BCUT2D eigenvalue weighted by atomic mass is 79.9. The molecule has 0 spiro atoms. The Kier molecular flexibility index (Phi) is 4.36. The predicted molar refractivity (Wildman–Crippen MR) is 86.3 cm³/mol. The lowest BCUT2D eigenvalue weighted by atomic mass is 10.3. The fourth-order valence-electron chi connectivity index (χ4n) is 2.07. The number of hydrazone groups is 1. The molecule has 0 bridgehead atoms. The number of sulfone groups is 1. The summed E-state index contributed by atoms with van der Waals surface area (Å²) in [4.78, 5) is 10.8. The number of carbonyl (C=O) groups excluding carboxylic acids is 1. The summed E-state index contributed by atoms with van der Waals surface area (Å²) in [5, 5.41) is 5.21. The van der Waals surface area contributed by atoms with E-state index in [2.05, 4.69) is 21.0 Å². The van der Waals surface area contributed by atoms with Gasteiger partial charge in [0.15, 0.2) is 15.0 Å². The van der Waals surface area contributed by atoms with Crippen molar-refractivity contribution < 1.29 is 13.2 Å². The van der Waals surface area contributed by atoms with Gasteiger partial charge in [0.25, 0.3) is 0 Å². The Bertz CT molecular complexity index is 703. The Balaban J connectivity index is 2.32. The van der Waals surface area contributed by atoms with Gasteiger partial charge in [0.1, 0.15) is 4.87 Å². The van der Waals surface area contributed by atoms with Crippen molar-refractivity contribution in [3.8, 4) is 0 Å². The zero-order chi connectivity index (χ0) is 15.8. The van der Waals surface area contributed by atoms with E-state index in [1.54, 1.807) is 19.1 Å². The highest BCUT2D eigenvalue weighted by Gasteiger charge is 2.45. The van der Waals surface area contributed by atoms with Gasteiger partial charge in [-0.25, -0.2) is 13.4 Å². The molecule has 9 heteroatoms. The van der Waals surface area contributed by atoms with E-state index in [0.717, 1.165) is 21.2 Å². The van der Waals surface area contributed by atoms with Crippen LogP contribution in [0, 0.1) is 0 Å². The van der Waals surface area contributed by atoms with Crippen molar-refractivity contribution in [2.45, 2.75) is 23.6 Å². The predicted octanol–water partition coefficient (Wildman–Crippen LogP) is 1.76. The van der Waals surface area contributed by atoms with Crippen molar-refractivity contribution in [3.05, 3.63) is 28.7 Å². The largest absolute Gasteiger partial charge is 0.377 e. The first kappa shape index (κ1) is 16.3. The molecule has 2 rings (SSSR count). The number of amides is 1. The minimum absolute atomic E-state index is 0.179. The number of halogens is 1. The molecule has 2 N–H and O–H groups in total. The number of rotatable bonds is 3. The molecule has 1 heterocycles. The van der Waals surface area contributed by atoms with Crippen LogP contribution in [-0.4, -0.2) is 35.1 Å². The molecule has 0 aliphatic carbocycles. The number of amidine groups is 1. The SMILES string of the molecule is CC(=O)N1N=C(N)SC1(C)CS(=O)(=O)c1ccc(Br)cc1. The molecule has 0 radical (unpaired) electrons. The molecule has 1 aliphatic rings. The first-order valence-electron chi connectivity index (χ1n) is 5.96. The van der Waals surface area contributed by atoms with Gasteiger partial charge in [-0.1, -0.05) is 27.7 Å². The number of thioether (sulfide) groups is 1. The maximum Gasteiger partial charge on any atom is 0.240 e. The first-order valence-corrected chi connectivity index (χ1v) is 9.22. The fraction of sp³-hybridized carbons (Fsp3) is 0.333. The summed E-state index contributed by atoms with van der Waals surface area (Å²) in [6.07, 6.45) is 0. The van der Waals surface area contributed by atoms with Crippen LogP contribution in [0.1, 0.15) is 13.8 Å². The van der Waals surface area contributed by atoms with Gasteiger partial charge in [0, 0.05) is 11.4 Å². The van der Waals surface area contributed by atoms with Crippen LogP contribution >= 0.6 is 27.7 Å². The van der Waals surface area contributed by atoms with E-state index in [1.165, 1.54) is 19.1 Å². The van der Waals surface area contributed by atoms with Gasteiger partial charge in [0.05, 0.1) is 10.6 Å². The molecule has 0 saturated carbocycles. The molecule has 0 fully saturated rings. The van der Waals surface area contributed by atoms with Crippen LogP contribution in [-0.2, 0) is 14.6 Å². The van der Waals surface area contributed by atoms with Gasteiger partial charge >= 0.3 is 0 Å². The molecule has 114 valence electrons. The van der Waals surface area contributed by atoms with E-state index in [9.17, 15) is 13.2 Å². The third kappa shape index (κ3) is 3.41. The summed E-state index contributed by atoms with van der Waals surface area (Å²) >= 11 is 4.33. The van der Waals surface area contributed by atoms with Gasteiger partial charge in [-0.2, -0.15) is 0 Å². The topological polar surface area (TPSA) is 92.8 Å². The summed E-state index contributed by atoms with van der Waals surface area (Å²) in [5.41, 5.74) is 5.63. The second-order valence-electron chi connectivity index (χ2n) is 4.76.